The third-order valence-electron chi connectivity index (χ3n) is 11.8. The van der Waals surface area contributed by atoms with Crippen LogP contribution in [0.4, 0.5) is 87.8 Å². The lowest BCUT2D eigenvalue weighted by atomic mass is 9.12. The first-order valence-corrected chi connectivity index (χ1v) is 23.2. The summed E-state index contributed by atoms with van der Waals surface area (Å²) in [7, 11) is -2.15. The Morgan fingerprint density at radius 2 is 0.514 bits per heavy atom. The average Bonchev–Trinajstić information content (AvgIpc) is 3.41. The average molecular weight is 1140 g/mol. The molecule has 0 atom stereocenters. The van der Waals surface area contributed by atoms with Gasteiger partial charge in [-0.2, -0.15) is 0 Å². The summed E-state index contributed by atoms with van der Waals surface area (Å²) < 4.78 is 295. The Kier molecular flexibility index (Phi) is 15.6. The van der Waals surface area contributed by atoms with E-state index in [1.54, 1.807) is 0 Å². The van der Waals surface area contributed by atoms with Crippen molar-refractivity contribution in [3.8, 4) is 0 Å². The van der Waals surface area contributed by atoms with Crippen LogP contribution in [0.25, 0.3) is 0 Å². The topological polar surface area (TPSA) is 17.1 Å². The number of hydrogen-bond donors (Lipinski definition) is 0. The third kappa shape index (κ3) is 8.80. The molecule has 0 radical (unpaired) electrons. The van der Waals surface area contributed by atoms with Crippen LogP contribution in [0.3, 0.4) is 0 Å². The maximum atomic E-state index is 15.4. The van der Waals surface area contributed by atoms with E-state index in [9.17, 15) is 57.5 Å². The molecular weight excluding hydrogens is 1120 g/mol. The molecule has 0 aromatic heterocycles. The molecule has 24 heteroatoms. The summed E-state index contributed by atoms with van der Waals surface area (Å²) in [6.45, 7) is 0. The van der Waals surface area contributed by atoms with Crippen LogP contribution in [-0.2, 0) is 0 Å². The summed E-state index contributed by atoms with van der Waals surface area (Å²) in [6.07, 6.45) is -6.75. The Hall–Kier alpha value is -7.00. The van der Waals surface area contributed by atoms with Gasteiger partial charge in [-0.3, -0.25) is 4.79 Å². The van der Waals surface area contributed by atoms with Crippen molar-refractivity contribution in [3.63, 3.8) is 0 Å². The van der Waals surface area contributed by atoms with Crippen molar-refractivity contribution < 1.29 is 92.6 Å². The second-order valence-electron chi connectivity index (χ2n) is 15.7. The zero-order valence-electron chi connectivity index (χ0n) is 36.0. The summed E-state index contributed by atoms with van der Waals surface area (Å²) in [6, 6.07) is 39.2. The lowest BCUT2D eigenvalue weighted by Crippen LogP contribution is -2.81. The highest BCUT2D eigenvalue weighted by Crippen LogP contribution is 2.55. The van der Waals surface area contributed by atoms with Crippen LogP contribution in [0.5, 0.6) is 0 Å². The Labute approximate surface area is 412 Å². The first-order chi connectivity index (χ1) is 34.9. The van der Waals surface area contributed by atoms with E-state index >= 15 is 35.1 Å². The van der Waals surface area contributed by atoms with Gasteiger partial charge in [0.2, 0.25) is 5.78 Å². The molecule has 0 aliphatic rings. The molecule has 8 aromatic rings. The van der Waals surface area contributed by atoms with Gasteiger partial charge in [-0.15, -0.1) is 21.9 Å². The van der Waals surface area contributed by atoms with E-state index in [0.717, 1.165) is 10.0 Å². The second kappa shape index (κ2) is 21.1. The van der Waals surface area contributed by atoms with Crippen LogP contribution in [0.1, 0.15) is 10.4 Å². The number of carbonyl (C=O) groups excluding carboxylic acids is 1. The van der Waals surface area contributed by atoms with Crippen molar-refractivity contribution in [1.82, 2.24) is 0 Å². The van der Waals surface area contributed by atoms with Gasteiger partial charge in [-0.05, 0) is 48.5 Å². The van der Waals surface area contributed by atoms with E-state index < -0.39 is 152 Å². The quantitative estimate of drug-likeness (QED) is 0.0333. The van der Waals surface area contributed by atoms with Gasteiger partial charge in [0.1, 0.15) is 82.0 Å². The zero-order valence-corrected chi connectivity index (χ0v) is 38.5. The molecule has 0 aliphatic heterocycles. The first kappa shape index (κ1) is 54.8. The summed E-state index contributed by atoms with van der Waals surface area (Å²) in [4.78, 5) is 13.5. The van der Waals surface area contributed by atoms with Gasteiger partial charge in [-0.25, -0.2) is 87.8 Å². The minimum absolute atomic E-state index is 0.169. The first-order valence-electron chi connectivity index (χ1n) is 20.5. The molecule has 8 rings (SSSR count). The summed E-state index contributed by atoms with van der Waals surface area (Å²) in [5.74, 6) is -71.2. The molecule has 0 heterocycles. The maximum Gasteiger partial charge on any atom is 0.201 e. The van der Waals surface area contributed by atoms with Gasteiger partial charge in [0, 0.05) is 10.0 Å². The molecule has 0 saturated carbocycles. The molecule has 0 fully saturated rings. The van der Waals surface area contributed by atoms with Crippen LogP contribution < -0.4 is 37.8 Å². The fourth-order valence-corrected chi connectivity index (χ4v) is 12.9. The van der Waals surface area contributed by atoms with Crippen molar-refractivity contribution in [1.29, 1.82) is 0 Å². The smallest absolute Gasteiger partial charge is 0.201 e. The van der Waals surface area contributed by atoms with Gasteiger partial charge >= 0.3 is 0 Å². The highest BCUT2D eigenvalue weighted by Gasteiger charge is 2.53. The number of Topliss-reactive ketones (excluding diaryl/α,β-unsaturated/α-hetero) is 1. The molecule has 0 N–H and O–H groups in total. The normalized spacial score (nSPS) is 11.7. The molecule has 0 aliphatic carbocycles. The van der Waals surface area contributed by atoms with Crippen molar-refractivity contribution in [3.05, 3.63) is 242 Å². The molecule has 382 valence electrons. The van der Waals surface area contributed by atoms with Crippen molar-refractivity contribution in [2.24, 2.45) is 0 Å². The van der Waals surface area contributed by atoms with E-state index in [-0.39, 0.29) is 5.78 Å². The Bertz CT molecular complexity index is 3020. The number of ketones is 1. The predicted octanol–water partition coefficient (Wildman–Crippen LogP) is 11.5. The fourth-order valence-electron chi connectivity index (χ4n) is 8.59. The number of halogens is 21. The van der Waals surface area contributed by atoms with E-state index in [0.29, 0.717) is 6.16 Å². The number of hydrogen-bond acceptors (Lipinski definition) is 1. The van der Waals surface area contributed by atoms with Gasteiger partial charge in [0.05, 0.1) is 0 Å². The molecule has 0 saturated heterocycles. The Balaban J connectivity index is 0.000000237. The van der Waals surface area contributed by atoms with Gasteiger partial charge in [-0.1, -0.05) is 82.7 Å². The van der Waals surface area contributed by atoms with Crippen molar-refractivity contribution in [2.75, 3.05) is 6.16 Å². The number of benzene rings is 8. The van der Waals surface area contributed by atoms with Crippen molar-refractivity contribution >= 4 is 72.9 Å². The molecule has 74 heavy (non-hydrogen) atoms. The largest absolute Gasteiger partial charge is 0.290 e. The highest BCUT2D eigenvalue weighted by molar-refractivity contribution is 9.10. The van der Waals surface area contributed by atoms with Gasteiger partial charge in [0.25, 0.3) is 0 Å². The molecule has 8 aromatic carbocycles. The summed E-state index contributed by atoms with van der Waals surface area (Å²) >= 11 is 3.46. The number of carbonyl (C=O) groups is 1. The summed E-state index contributed by atoms with van der Waals surface area (Å²) in [5, 5.41) is 3.67. The van der Waals surface area contributed by atoms with E-state index in [1.807, 2.05) is 42.5 Å². The third-order valence-corrected chi connectivity index (χ3v) is 16.7. The minimum atomic E-state index is -7.22. The minimum Gasteiger partial charge on any atom is -0.290 e. The molecule has 0 amide bonds. The van der Waals surface area contributed by atoms with Crippen LogP contribution in [0, 0.1) is 116 Å². The zero-order chi connectivity index (χ0) is 54.5. The monoisotopic (exact) mass is 1140 g/mol. The van der Waals surface area contributed by atoms with Crippen LogP contribution in [0.15, 0.2) is 120 Å². The second-order valence-corrected chi connectivity index (χ2v) is 20.1. The van der Waals surface area contributed by atoms with Crippen molar-refractivity contribution in [2.45, 2.75) is 0 Å². The van der Waals surface area contributed by atoms with Crippen LogP contribution in [0.2, 0.25) is 0 Å². The molecule has 1 nitrogen and oxygen atoms in total. The Morgan fingerprint density at radius 3 is 0.730 bits per heavy atom. The molecule has 0 unspecified atom stereocenters. The van der Waals surface area contributed by atoms with Crippen LogP contribution >= 0.6 is 23.2 Å². The SMILES string of the molecule is Fc1c(F)c(F)c([B-](c2c(F)c(F)c(F)c(F)c2F)(c2c(F)c(F)c(F)c(F)c2F)c2c(F)c(F)c(F)c(F)c2F)c(F)c1F.O=C(C[P+](c1ccccc1)(c1ccccc1)c1ccccc1)c1ccc(Br)cc1. The summed E-state index contributed by atoms with van der Waals surface area (Å²) in [5.41, 5.74) is -13.6. The molecule has 0 spiro atoms. The molecular formula is C50H21BBrF20OP. The van der Waals surface area contributed by atoms with Crippen LogP contribution in [-0.4, -0.2) is 18.1 Å². The van der Waals surface area contributed by atoms with E-state index in [2.05, 4.69) is 88.7 Å². The highest BCUT2D eigenvalue weighted by atomic mass is 79.9. The standard InChI is InChI=1S/C26H21BrOP.C24BF20/c27-22-18-16-21(17-19-22)26(28)20-29(23-10-4-1-5-11-23,24-12-6-2-7-13-24)25-14-8-3-9-15-25;26-5-1(6(27)14(35)21(42)13(5)34)25(2-7(28)15(36)22(43)16(37)8(2)29,3-9(30)17(38)23(44)18(39)10(3)31)4-11(32)19(40)24(45)20(41)12(4)33/h1-19H,20H2;/q+1;-1. The van der Waals surface area contributed by atoms with E-state index in [4.69, 9.17) is 0 Å². The predicted molar refractivity (Wildman–Crippen MR) is 238 cm³/mol. The van der Waals surface area contributed by atoms with Gasteiger partial charge < -0.3 is 0 Å². The van der Waals surface area contributed by atoms with Gasteiger partial charge in [0.15, 0.2) is 69.8 Å². The van der Waals surface area contributed by atoms with E-state index in [1.165, 1.54) is 15.9 Å². The Morgan fingerprint density at radius 1 is 0.311 bits per heavy atom. The molecule has 0 bridgehead atoms. The maximum absolute atomic E-state index is 15.4. The lowest BCUT2D eigenvalue weighted by molar-refractivity contribution is 0.102. The lowest BCUT2D eigenvalue weighted by Gasteiger charge is -2.44. The number of rotatable bonds is 10. The fraction of sp³-hybridized carbons (Fsp3) is 0.0200.